The average molecular weight is 192 g/mol. The van der Waals surface area contributed by atoms with Crippen LogP contribution in [0.15, 0.2) is 5.96 Å². The van der Waals surface area contributed by atoms with E-state index in [1.165, 1.54) is 6.91 Å². The monoisotopic (exact) mass is 192 g/mol. The Kier molecular flexibility index (Phi) is 3.82. The quantitative estimate of drug-likeness (QED) is 0.645. The van der Waals surface area contributed by atoms with Crippen molar-refractivity contribution in [3.63, 3.8) is 0 Å². The third-order valence-electron chi connectivity index (χ3n) is 2.13. The molecule has 1 rings (SSSR count). The van der Waals surface area contributed by atoms with Crippen LogP contribution in [0.3, 0.4) is 0 Å². The number of rotatable bonds is 3. The van der Waals surface area contributed by atoms with Crippen LogP contribution in [0.4, 0.5) is 8.78 Å². The van der Waals surface area contributed by atoms with E-state index in [-0.39, 0.29) is 0 Å². The van der Waals surface area contributed by atoms with Gasteiger partial charge in [0.2, 0.25) is 0 Å². The molecule has 0 amide bonds. The van der Waals surface area contributed by atoms with Crippen LogP contribution in [0, 0.1) is 24.0 Å². The second-order valence-corrected chi connectivity index (χ2v) is 3.14. The molecule has 0 fully saturated rings. The zero-order valence-corrected chi connectivity index (χ0v) is 8.11. The number of hydrogen-bond donors (Lipinski definition) is 0. The molecular weight excluding hydrogens is 181 g/mol. The van der Waals surface area contributed by atoms with Crippen LogP contribution in [0.2, 0.25) is 0 Å². The van der Waals surface area contributed by atoms with E-state index in [1.54, 1.807) is 0 Å². The van der Waals surface area contributed by atoms with Crippen LogP contribution >= 0.6 is 0 Å². The maximum absolute atomic E-state index is 13.3. The average Bonchev–Trinajstić information content (AvgIpc) is 2.20. The van der Waals surface area contributed by atoms with Crippen LogP contribution in [-0.2, 0) is 6.42 Å². The van der Waals surface area contributed by atoms with Crippen molar-refractivity contribution in [2.75, 3.05) is 0 Å². The van der Waals surface area contributed by atoms with Gasteiger partial charge in [0.15, 0.2) is 0 Å². The maximum atomic E-state index is 13.3. The predicted molar refractivity (Wildman–Crippen MR) is 54.3 cm³/mol. The third-order valence-corrected chi connectivity index (χ3v) is 2.13. The predicted octanol–water partition coefficient (Wildman–Crippen LogP) is 2.63. The summed E-state index contributed by atoms with van der Waals surface area (Å²) in [5.74, 6) is 1.81. The molecule has 14 heavy (non-hydrogen) atoms. The van der Waals surface area contributed by atoms with Crippen molar-refractivity contribution in [1.82, 2.24) is 0 Å². The van der Waals surface area contributed by atoms with Crippen molar-refractivity contribution in [3.05, 3.63) is 28.6 Å². The normalized spacial score (nSPS) is 9.57. The topological polar surface area (TPSA) is 0 Å². The van der Waals surface area contributed by atoms with Gasteiger partial charge in [0, 0.05) is 0 Å². The molecule has 0 aliphatic rings. The molecule has 0 spiro atoms. The molecule has 0 nitrogen and oxygen atoms in total. The second kappa shape index (κ2) is 4.90. The third kappa shape index (κ3) is 2.20. The summed E-state index contributed by atoms with van der Waals surface area (Å²) in [5, 5.41) is 0. The van der Waals surface area contributed by atoms with Crippen molar-refractivity contribution < 1.29 is 8.78 Å². The Balaban J connectivity index is 3.09. The van der Waals surface area contributed by atoms with Gasteiger partial charge in [-0.05, 0) is 0 Å². The Labute approximate surface area is 83.6 Å². The summed E-state index contributed by atoms with van der Waals surface area (Å²) in [4.78, 5) is 0. The van der Waals surface area contributed by atoms with Gasteiger partial charge in [-0.3, -0.25) is 0 Å². The Morgan fingerprint density at radius 3 is 2.79 bits per heavy atom. The molecule has 72 valence electrons. The summed E-state index contributed by atoms with van der Waals surface area (Å²) in [5.41, 5.74) is 0.784. The molecule has 0 aliphatic carbocycles. The Hall–Kier alpha value is -1.17. The van der Waals surface area contributed by atoms with Gasteiger partial charge in [0.25, 0.3) is 0 Å². The zero-order chi connectivity index (χ0) is 10.6. The van der Waals surface area contributed by atoms with Gasteiger partial charge in [-0.15, -0.1) is 0 Å². The first kappa shape index (κ1) is 10.9. The van der Waals surface area contributed by atoms with Gasteiger partial charge >= 0.3 is 82.8 Å². The summed E-state index contributed by atoms with van der Waals surface area (Å²) >= 11 is 0. The van der Waals surface area contributed by atoms with Crippen molar-refractivity contribution in [2.24, 2.45) is 0 Å². The Bertz CT molecular complexity index is 366. The van der Waals surface area contributed by atoms with E-state index in [9.17, 15) is 8.78 Å². The molecule has 3 heteroatoms. The summed E-state index contributed by atoms with van der Waals surface area (Å²) in [6, 6.07) is 0. The van der Waals surface area contributed by atoms with E-state index in [1.807, 2.05) is 6.92 Å². The van der Waals surface area contributed by atoms with Gasteiger partial charge in [-0.2, -0.15) is 0 Å². The van der Waals surface area contributed by atoms with E-state index in [4.69, 9.17) is 6.42 Å². The number of unbranched alkanes of at least 4 members (excludes halogenated alkanes) is 1. The molecule has 0 N–H and O–H groups in total. The molecular formula is C11H11BF2. The van der Waals surface area contributed by atoms with Crippen molar-refractivity contribution >= 4 is 6.91 Å². The summed E-state index contributed by atoms with van der Waals surface area (Å²) in [6.45, 7) is 3.44. The molecule has 1 aromatic heterocycles. The summed E-state index contributed by atoms with van der Waals surface area (Å²) in [6.07, 6.45) is 7.45. The molecule has 0 radical (unpaired) electrons. The molecule has 0 bridgehead atoms. The molecule has 1 aromatic rings. The SMILES string of the molecule is C#Cc1bcc(F)c(F)c1CCCC. The van der Waals surface area contributed by atoms with Crippen molar-refractivity contribution in [3.8, 4) is 12.3 Å². The molecule has 0 aliphatic heterocycles. The summed E-state index contributed by atoms with van der Waals surface area (Å²) in [7, 11) is 0. The van der Waals surface area contributed by atoms with Crippen LogP contribution in [0.5, 0.6) is 0 Å². The van der Waals surface area contributed by atoms with Gasteiger partial charge < -0.3 is 0 Å². The summed E-state index contributed by atoms with van der Waals surface area (Å²) < 4.78 is 26.2. The number of terminal acetylenes is 1. The van der Waals surface area contributed by atoms with Gasteiger partial charge in [-0.1, -0.05) is 0 Å². The minimum absolute atomic E-state index is 0.328. The zero-order valence-electron chi connectivity index (χ0n) is 8.11. The van der Waals surface area contributed by atoms with Crippen molar-refractivity contribution in [1.29, 1.82) is 0 Å². The Morgan fingerprint density at radius 1 is 1.50 bits per heavy atom. The van der Waals surface area contributed by atoms with Crippen LogP contribution in [0.1, 0.15) is 30.8 Å². The van der Waals surface area contributed by atoms with Crippen LogP contribution < -0.4 is 0 Å². The fraction of sp³-hybridized carbons (Fsp3) is 0.364. The molecule has 0 saturated heterocycles. The number of halogens is 2. The molecule has 0 unspecified atom stereocenters. The molecule has 0 atom stereocenters. The number of hydrogen-bond acceptors (Lipinski definition) is 0. The second-order valence-electron chi connectivity index (χ2n) is 3.14. The van der Waals surface area contributed by atoms with Gasteiger partial charge in [-0.25, -0.2) is 0 Å². The van der Waals surface area contributed by atoms with Gasteiger partial charge in [0.05, 0.1) is 0 Å². The first-order valence-corrected chi connectivity index (χ1v) is 4.64. The van der Waals surface area contributed by atoms with Crippen LogP contribution in [0.25, 0.3) is 0 Å². The molecule has 0 saturated carbocycles. The standard InChI is InChI=1S/C11H11BF2/c1-3-5-6-8-9(4-2)12-7-10(13)11(8)14/h2,7H,3,5-6H2,1H3. The fourth-order valence-corrected chi connectivity index (χ4v) is 1.33. The molecule has 1 heterocycles. The van der Waals surface area contributed by atoms with E-state index >= 15 is 0 Å². The van der Waals surface area contributed by atoms with E-state index in [0.717, 1.165) is 18.8 Å². The molecule has 0 aromatic carbocycles. The fourth-order valence-electron chi connectivity index (χ4n) is 1.33. The Morgan fingerprint density at radius 2 is 2.21 bits per heavy atom. The minimum atomic E-state index is -0.824. The first-order chi connectivity index (χ1) is 6.70. The van der Waals surface area contributed by atoms with E-state index < -0.39 is 11.6 Å². The van der Waals surface area contributed by atoms with Gasteiger partial charge in [0.1, 0.15) is 0 Å². The van der Waals surface area contributed by atoms with Crippen molar-refractivity contribution in [2.45, 2.75) is 26.2 Å². The van der Waals surface area contributed by atoms with E-state index in [2.05, 4.69) is 5.92 Å². The first-order valence-electron chi connectivity index (χ1n) is 4.64. The van der Waals surface area contributed by atoms with E-state index in [0.29, 0.717) is 17.4 Å². The van der Waals surface area contributed by atoms with Crippen LogP contribution in [-0.4, -0.2) is 6.91 Å².